The van der Waals surface area contributed by atoms with Crippen molar-refractivity contribution in [1.29, 1.82) is 0 Å². The maximum absolute atomic E-state index is 10.8. The van der Waals surface area contributed by atoms with E-state index in [4.69, 9.17) is 0 Å². The molecule has 0 aromatic carbocycles. The second-order valence-electron chi connectivity index (χ2n) is 9.12. The minimum atomic E-state index is 0. The third-order valence-corrected chi connectivity index (χ3v) is 8.37. The Morgan fingerprint density at radius 3 is 2.22 bits per heavy atom. The summed E-state index contributed by atoms with van der Waals surface area (Å²) in [5, 5.41) is 10.8. The standard InChI is InChI=1S/C19H32O.C2H6.CH4/c1-18-9-5-7-14(18)13-12-17(20)16-6-3-4-10-19(16,2)15(13)8-11-18;1-2;/h13-17,20H,3-12H2,1-2H3;1-2H3;1H4. The van der Waals surface area contributed by atoms with Gasteiger partial charge < -0.3 is 5.11 Å². The van der Waals surface area contributed by atoms with Crippen LogP contribution in [0.4, 0.5) is 0 Å². The van der Waals surface area contributed by atoms with Gasteiger partial charge in [0.1, 0.15) is 0 Å². The zero-order valence-electron chi connectivity index (χ0n) is 15.4. The van der Waals surface area contributed by atoms with Gasteiger partial charge in [-0.1, -0.05) is 54.4 Å². The van der Waals surface area contributed by atoms with Crippen molar-refractivity contribution in [3.05, 3.63) is 0 Å². The van der Waals surface area contributed by atoms with Crippen LogP contribution < -0.4 is 0 Å². The summed E-state index contributed by atoms with van der Waals surface area (Å²) in [6.45, 7) is 9.11. The first-order valence-electron chi connectivity index (χ1n) is 10.2. The van der Waals surface area contributed by atoms with E-state index in [2.05, 4.69) is 13.8 Å². The van der Waals surface area contributed by atoms with Crippen LogP contribution in [0.2, 0.25) is 0 Å². The fraction of sp³-hybridized carbons (Fsp3) is 1.00. The van der Waals surface area contributed by atoms with Crippen molar-refractivity contribution < 1.29 is 5.11 Å². The smallest absolute Gasteiger partial charge is 0.0576 e. The topological polar surface area (TPSA) is 20.2 Å². The van der Waals surface area contributed by atoms with Crippen molar-refractivity contribution in [3.8, 4) is 0 Å². The molecule has 4 aliphatic carbocycles. The molecule has 4 saturated carbocycles. The van der Waals surface area contributed by atoms with Crippen LogP contribution in [0.25, 0.3) is 0 Å². The van der Waals surface area contributed by atoms with E-state index >= 15 is 0 Å². The van der Waals surface area contributed by atoms with Gasteiger partial charge in [0, 0.05) is 0 Å². The molecule has 1 N–H and O–H groups in total. The Hall–Kier alpha value is -0.0400. The first-order chi connectivity index (χ1) is 10.5. The van der Waals surface area contributed by atoms with Gasteiger partial charge >= 0.3 is 0 Å². The maximum atomic E-state index is 10.8. The first-order valence-corrected chi connectivity index (χ1v) is 10.2. The summed E-state index contributed by atoms with van der Waals surface area (Å²) in [6.07, 6.45) is 13.9. The number of rotatable bonds is 0. The van der Waals surface area contributed by atoms with E-state index in [-0.39, 0.29) is 13.5 Å². The van der Waals surface area contributed by atoms with Crippen LogP contribution in [-0.2, 0) is 0 Å². The minimum Gasteiger partial charge on any atom is -0.393 e. The quantitative estimate of drug-likeness (QED) is 0.544. The average Bonchev–Trinajstić information content (AvgIpc) is 2.91. The molecule has 1 heteroatoms. The first kappa shape index (κ1) is 19.3. The summed E-state index contributed by atoms with van der Waals surface area (Å²) < 4.78 is 0. The van der Waals surface area contributed by atoms with Crippen LogP contribution in [0.15, 0.2) is 0 Å². The summed E-state index contributed by atoms with van der Waals surface area (Å²) in [6, 6.07) is 0. The van der Waals surface area contributed by atoms with E-state index in [0.717, 1.165) is 24.2 Å². The molecule has 0 radical (unpaired) electrons. The average molecular weight is 323 g/mol. The molecule has 4 fully saturated rings. The van der Waals surface area contributed by atoms with E-state index in [1.165, 1.54) is 57.8 Å². The van der Waals surface area contributed by atoms with Crippen LogP contribution in [-0.4, -0.2) is 11.2 Å². The van der Waals surface area contributed by atoms with Crippen LogP contribution in [0.3, 0.4) is 0 Å². The molecule has 0 heterocycles. The Morgan fingerprint density at radius 2 is 1.48 bits per heavy atom. The second-order valence-corrected chi connectivity index (χ2v) is 9.12. The Bertz CT molecular complexity index is 391. The number of fused-ring (bicyclic) bond motifs is 5. The highest BCUT2D eigenvalue weighted by molar-refractivity contribution is 5.08. The predicted molar refractivity (Wildman–Crippen MR) is 100 cm³/mol. The largest absolute Gasteiger partial charge is 0.393 e. The molecule has 136 valence electrons. The third kappa shape index (κ3) is 2.90. The molecule has 4 rings (SSSR count). The maximum Gasteiger partial charge on any atom is 0.0576 e. The second kappa shape index (κ2) is 7.06. The predicted octanol–water partition coefficient (Wildman–Crippen LogP) is 6.44. The van der Waals surface area contributed by atoms with Crippen molar-refractivity contribution in [2.45, 2.75) is 105 Å². The van der Waals surface area contributed by atoms with Crippen LogP contribution in [0.1, 0.15) is 99.3 Å². The van der Waals surface area contributed by atoms with Gasteiger partial charge in [0.25, 0.3) is 0 Å². The molecule has 0 bridgehead atoms. The fourth-order valence-electron chi connectivity index (χ4n) is 7.35. The highest BCUT2D eigenvalue weighted by atomic mass is 16.3. The SMILES string of the molecule is C.CC.CC12CCCC1C1CC(O)C3CCCCC3(C)C1CC2. The fourth-order valence-corrected chi connectivity index (χ4v) is 7.35. The highest BCUT2D eigenvalue weighted by Gasteiger charge is 2.59. The molecular weight excluding hydrogens is 280 g/mol. The lowest BCUT2D eigenvalue weighted by molar-refractivity contribution is -0.153. The Kier molecular flexibility index (Phi) is 5.92. The van der Waals surface area contributed by atoms with E-state index in [9.17, 15) is 5.11 Å². The molecule has 0 aromatic heterocycles. The van der Waals surface area contributed by atoms with Gasteiger partial charge in [-0.05, 0) is 79.4 Å². The highest BCUT2D eigenvalue weighted by Crippen LogP contribution is 2.66. The lowest BCUT2D eigenvalue weighted by Crippen LogP contribution is -2.56. The molecule has 0 aliphatic heterocycles. The Balaban J connectivity index is 0.000000617. The van der Waals surface area contributed by atoms with Gasteiger partial charge in [0.15, 0.2) is 0 Å². The number of aliphatic hydroxyl groups excluding tert-OH is 1. The molecular formula is C22H42O. The Morgan fingerprint density at radius 1 is 0.783 bits per heavy atom. The summed E-state index contributed by atoms with van der Waals surface area (Å²) in [7, 11) is 0. The summed E-state index contributed by atoms with van der Waals surface area (Å²) in [5.74, 6) is 3.30. The van der Waals surface area contributed by atoms with Crippen LogP contribution in [0.5, 0.6) is 0 Å². The van der Waals surface area contributed by atoms with E-state index in [0.29, 0.717) is 16.7 Å². The van der Waals surface area contributed by atoms with Crippen molar-refractivity contribution in [1.82, 2.24) is 0 Å². The zero-order valence-corrected chi connectivity index (χ0v) is 15.4. The summed E-state index contributed by atoms with van der Waals surface area (Å²) in [5.41, 5.74) is 1.09. The molecule has 0 saturated heterocycles. The molecule has 7 unspecified atom stereocenters. The van der Waals surface area contributed by atoms with Gasteiger partial charge in [-0.3, -0.25) is 0 Å². The lowest BCUT2D eigenvalue weighted by Gasteiger charge is -2.61. The van der Waals surface area contributed by atoms with E-state index in [1.54, 1.807) is 0 Å². The normalized spacial score (nSPS) is 51.3. The van der Waals surface area contributed by atoms with Gasteiger partial charge in [-0.2, -0.15) is 0 Å². The number of hydrogen-bond acceptors (Lipinski definition) is 1. The molecule has 1 nitrogen and oxygen atoms in total. The molecule has 7 atom stereocenters. The monoisotopic (exact) mass is 322 g/mol. The lowest BCUT2D eigenvalue weighted by atomic mass is 9.45. The molecule has 23 heavy (non-hydrogen) atoms. The van der Waals surface area contributed by atoms with Crippen LogP contribution in [0, 0.1) is 34.5 Å². The summed E-state index contributed by atoms with van der Waals surface area (Å²) >= 11 is 0. The van der Waals surface area contributed by atoms with Gasteiger partial charge in [0.2, 0.25) is 0 Å². The van der Waals surface area contributed by atoms with Gasteiger partial charge in [-0.25, -0.2) is 0 Å². The van der Waals surface area contributed by atoms with Crippen LogP contribution >= 0.6 is 0 Å². The Labute approximate surface area is 145 Å². The molecule has 4 aliphatic rings. The molecule has 0 spiro atoms. The summed E-state index contributed by atoms with van der Waals surface area (Å²) in [4.78, 5) is 0. The van der Waals surface area contributed by atoms with Crippen molar-refractivity contribution in [2.75, 3.05) is 0 Å². The van der Waals surface area contributed by atoms with Gasteiger partial charge in [-0.15, -0.1) is 0 Å². The van der Waals surface area contributed by atoms with E-state index in [1.807, 2.05) is 13.8 Å². The molecule has 0 aromatic rings. The van der Waals surface area contributed by atoms with Crippen molar-refractivity contribution in [2.24, 2.45) is 34.5 Å². The number of aliphatic hydroxyl groups is 1. The van der Waals surface area contributed by atoms with Crippen molar-refractivity contribution >= 4 is 0 Å². The number of hydrogen-bond donors (Lipinski definition) is 1. The zero-order chi connectivity index (χ0) is 16.0. The van der Waals surface area contributed by atoms with Crippen molar-refractivity contribution in [3.63, 3.8) is 0 Å². The third-order valence-electron chi connectivity index (χ3n) is 8.37. The van der Waals surface area contributed by atoms with E-state index < -0.39 is 0 Å². The minimum absolute atomic E-state index is 0. The van der Waals surface area contributed by atoms with Gasteiger partial charge in [0.05, 0.1) is 6.10 Å². The molecule has 0 amide bonds.